The molecular formula is C17H23FN4. The van der Waals surface area contributed by atoms with E-state index in [2.05, 4.69) is 15.4 Å². The van der Waals surface area contributed by atoms with Gasteiger partial charge >= 0.3 is 0 Å². The summed E-state index contributed by atoms with van der Waals surface area (Å²) in [5.74, 6) is 0.497. The molecule has 118 valence electrons. The van der Waals surface area contributed by atoms with Gasteiger partial charge in [-0.25, -0.2) is 9.37 Å². The molecule has 0 aliphatic heterocycles. The summed E-state index contributed by atoms with van der Waals surface area (Å²) in [6.45, 7) is 1.80. The smallest absolute Gasteiger partial charge is 0.137 e. The number of nitrogens with zero attached hydrogens (tertiary/aromatic N) is 3. The number of halogens is 1. The number of rotatable bonds is 7. The highest BCUT2D eigenvalue weighted by Crippen LogP contribution is 2.35. The van der Waals surface area contributed by atoms with Crippen molar-refractivity contribution in [2.24, 2.45) is 5.92 Å². The summed E-state index contributed by atoms with van der Waals surface area (Å²) in [4.78, 5) is 3.95. The molecule has 0 bridgehead atoms. The number of benzene rings is 1. The average Bonchev–Trinajstić information content (AvgIpc) is 3.21. The van der Waals surface area contributed by atoms with Gasteiger partial charge in [0.05, 0.1) is 0 Å². The molecule has 2 aromatic rings. The van der Waals surface area contributed by atoms with Gasteiger partial charge in [0.25, 0.3) is 0 Å². The van der Waals surface area contributed by atoms with Gasteiger partial charge in [0.15, 0.2) is 0 Å². The molecule has 1 aromatic heterocycles. The Labute approximate surface area is 130 Å². The first kappa shape index (κ1) is 15.2. The van der Waals surface area contributed by atoms with E-state index in [0.717, 1.165) is 19.5 Å². The minimum atomic E-state index is -0.167. The number of hydrogen-bond acceptors (Lipinski definition) is 3. The van der Waals surface area contributed by atoms with Gasteiger partial charge in [-0.1, -0.05) is 25.0 Å². The lowest BCUT2D eigenvalue weighted by Crippen LogP contribution is -2.28. The SMILES string of the molecule is Fc1ccc(C(NCCCn2cncn2)C2CCCC2)cc1. The van der Waals surface area contributed by atoms with Crippen molar-refractivity contribution >= 4 is 0 Å². The van der Waals surface area contributed by atoms with Crippen molar-refractivity contribution in [3.8, 4) is 0 Å². The average molecular weight is 302 g/mol. The topological polar surface area (TPSA) is 42.7 Å². The third-order valence-electron chi connectivity index (χ3n) is 4.50. The highest BCUT2D eigenvalue weighted by Gasteiger charge is 2.25. The summed E-state index contributed by atoms with van der Waals surface area (Å²) in [5, 5.41) is 7.79. The fourth-order valence-corrected chi connectivity index (χ4v) is 3.36. The second-order valence-corrected chi connectivity index (χ2v) is 6.04. The fraction of sp³-hybridized carbons (Fsp3) is 0.529. The lowest BCUT2D eigenvalue weighted by atomic mass is 9.91. The molecular weight excluding hydrogens is 279 g/mol. The molecule has 1 N–H and O–H groups in total. The van der Waals surface area contributed by atoms with Crippen LogP contribution in [0.3, 0.4) is 0 Å². The van der Waals surface area contributed by atoms with Crippen LogP contribution in [0.15, 0.2) is 36.9 Å². The number of nitrogens with one attached hydrogen (secondary N) is 1. The van der Waals surface area contributed by atoms with Crippen LogP contribution in [-0.4, -0.2) is 21.3 Å². The van der Waals surface area contributed by atoms with Gasteiger partial charge in [0, 0.05) is 12.6 Å². The van der Waals surface area contributed by atoms with Gasteiger partial charge in [-0.3, -0.25) is 4.68 Å². The predicted octanol–water partition coefficient (Wildman–Crippen LogP) is 3.33. The van der Waals surface area contributed by atoms with Crippen LogP contribution in [0.1, 0.15) is 43.7 Å². The van der Waals surface area contributed by atoms with Gasteiger partial charge in [-0.2, -0.15) is 5.10 Å². The molecule has 5 heteroatoms. The Hall–Kier alpha value is -1.75. The Morgan fingerprint density at radius 1 is 1.23 bits per heavy atom. The predicted molar refractivity (Wildman–Crippen MR) is 83.7 cm³/mol. The monoisotopic (exact) mass is 302 g/mol. The van der Waals surface area contributed by atoms with Crippen LogP contribution in [0.4, 0.5) is 4.39 Å². The normalized spacial score (nSPS) is 17.0. The second-order valence-electron chi connectivity index (χ2n) is 6.04. The van der Waals surface area contributed by atoms with Crippen LogP contribution < -0.4 is 5.32 Å². The summed E-state index contributed by atoms with van der Waals surface area (Å²) < 4.78 is 15.0. The summed E-state index contributed by atoms with van der Waals surface area (Å²) >= 11 is 0. The highest BCUT2D eigenvalue weighted by molar-refractivity contribution is 5.21. The Balaban J connectivity index is 1.57. The van der Waals surface area contributed by atoms with Crippen LogP contribution in [0.25, 0.3) is 0 Å². The van der Waals surface area contributed by atoms with Crippen molar-refractivity contribution in [2.75, 3.05) is 6.54 Å². The quantitative estimate of drug-likeness (QED) is 0.798. The van der Waals surface area contributed by atoms with Crippen molar-refractivity contribution in [1.82, 2.24) is 20.1 Å². The van der Waals surface area contributed by atoms with E-state index in [9.17, 15) is 4.39 Å². The van der Waals surface area contributed by atoms with Crippen LogP contribution in [0.5, 0.6) is 0 Å². The number of hydrogen-bond donors (Lipinski definition) is 1. The molecule has 0 amide bonds. The number of aromatic nitrogens is 3. The lowest BCUT2D eigenvalue weighted by Gasteiger charge is -2.25. The molecule has 0 spiro atoms. The molecule has 1 aliphatic carbocycles. The Kier molecular flexibility index (Phi) is 5.16. The number of aryl methyl sites for hydroxylation is 1. The molecule has 4 nitrogen and oxygen atoms in total. The van der Waals surface area contributed by atoms with Crippen LogP contribution in [0.2, 0.25) is 0 Å². The molecule has 0 saturated heterocycles. The van der Waals surface area contributed by atoms with Crippen LogP contribution in [-0.2, 0) is 6.54 Å². The van der Waals surface area contributed by atoms with E-state index in [1.165, 1.54) is 31.2 Å². The van der Waals surface area contributed by atoms with Gasteiger partial charge in [0.2, 0.25) is 0 Å². The van der Waals surface area contributed by atoms with Crippen molar-refractivity contribution in [1.29, 1.82) is 0 Å². The van der Waals surface area contributed by atoms with Crippen LogP contribution >= 0.6 is 0 Å². The Morgan fingerprint density at radius 3 is 2.68 bits per heavy atom. The summed E-state index contributed by atoms with van der Waals surface area (Å²) in [7, 11) is 0. The summed E-state index contributed by atoms with van der Waals surface area (Å²) in [5.41, 5.74) is 1.20. The lowest BCUT2D eigenvalue weighted by molar-refractivity contribution is 0.360. The first-order valence-electron chi connectivity index (χ1n) is 8.14. The maximum Gasteiger partial charge on any atom is 0.137 e. The van der Waals surface area contributed by atoms with E-state index in [1.807, 2.05) is 16.8 Å². The van der Waals surface area contributed by atoms with Crippen molar-refractivity contribution < 1.29 is 4.39 Å². The third kappa shape index (κ3) is 3.91. The molecule has 1 saturated carbocycles. The fourth-order valence-electron chi connectivity index (χ4n) is 3.36. The molecule has 22 heavy (non-hydrogen) atoms. The van der Waals surface area contributed by atoms with E-state index < -0.39 is 0 Å². The van der Waals surface area contributed by atoms with E-state index in [-0.39, 0.29) is 5.82 Å². The van der Waals surface area contributed by atoms with E-state index in [1.54, 1.807) is 24.8 Å². The molecule has 1 unspecified atom stereocenters. The molecule has 1 aromatic carbocycles. The van der Waals surface area contributed by atoms with Gasteiger partial charge in [-0.05, 0) is 49.4 Å². The minimum Gasteiger partial charge on any atom is -0.310 e. The molecule has 1 aliphatic rings. The summed E-state index contributed by atoms with van der Waals surface area (Å²) in [6.07, 6.45) is 9.46. The first-order chi connectivity index (χ1) is 10.8. The van der Waals surface area contributed by atoms with Gasteiger partial charge in [-0.15, -0.1) is 0 Å². The van der Waals surface area contributed by atoms with Crippen LogP contribution in [0, 0.1) is 11.7 Å². The summed E-state index contributed by atoms with van der Waals surface area (Å²) in [6, 6.07) is 7.30. The van der Waals surface area contributed by atoms with Crippen molar-refractivity contribution in [3.63, 3.8) is 0 Å². The van der Waals surface area contributed by atoms with E-state index in [4.69, 9.17) is 0 Å². The first-order valence-corrected chi connectivity index (χ1v) is 8.14. The molecule has 1 fully saturated rings. The molecule has 1 heterocycles. The largest absolute Gasteiger partial charge is 0.310 e. The Morgan fingerprint density at radius 2 is 2.00 bits per heavy atom. The molecule has 3 rings (SSSR count). The third-order valence-corrected chi connectivity index (χ3v) is 4.50. The maximum absolute atomic E-state index is 13.2. The second kappa shape index (κ2) is 7.49. The zero-order valence-electron chi connectivity index (χ0n) is 12.8. The van der Waals surface area contributed by atoms with E-state index in [0.29, 0.717) is 12.0 Å². The Bertz CT molecular complexity index is 547. The molecule has 0 radical (unpaired) electrons. The molecule has 1 atom stereocenters. The van der Waals surface area contributed by atoms with Crippen molar-refractivity contribution in [2.45, 2.75) is 44.7 Å². The van der Waals surface area contributed by atoms with Crippen molar-refractivity contribution in [3.05, 3.63) is 48.3 Å². The van der Waals surface area contributed by atoms with Gasteiger partial charge in [0.1, 0.15) is 18.5 Å². The highest BCUT2D eigenvalue weighted by atomic mass is 19.1. The van der Waals surface area contributed by atoms with Gasteiger partial charge < -0.3 is 5.32 Å². The standard InChI is InChI=1S/C17H23FN4/c18-16-8-6-15(7-9-16)17(14-4-1-2-5-14)20-10-3-11-22-13-19-12-21-22/h6-9,12-14,17,20H,1-5,10-11H2. The maximum atomic E-state index is 13.2. The minimum absolute atomic E-state index is 0.167. The zero-order valence-corrected chi connectivity index (χ0v) is 12.8. The zero-order chi connectivity index (χ0) is 15.2. The van der Waals surface area contributed by atoms with E-state index >= 15 is 0 Å².